The van der Waals surface area contributed by atoms with Crippen molar-refractivity contribution < 1.29 is 18.8 Å². The molecule has 0 aliphatic carbocycles. The minimum atomic E-state index is -0.858. The second kappa shape index (κ2) is 4.12. The molecule has 0 unspecified atom stereocenters. The first kappa shape index (κ1) is 13.7. The first-order valence-corrected chi connectivity index (χ1v) is 6.06. The molecule has 1 N–H and O–H groups in total. The summed E-state index contributed by atoms with van der Waals surface area (Å²) in [7, 11) is -0.804. The Morgan fingerprint density at radius 1 is 1.17 bits per heavy atom. The zero-order valence-corrected chi connectivity index (χ0v) is 11.5. The summed E-state index contributed by atoms with van der Waals surface area (Å²) in [6.07, 6.45) is 0. The van der Waals surface area contributed by atoms with Crippen molar-refractivity contribution in [1.82, 2.24) is 0 Å². The minimum absolute atomic E-state index is 0.132. The SMILES string of the molecule is CC1(C)OB(c2ccc(Cl)c(F)c2O)OC1(C)C. The number of phenolic OH excluding ortho intramolecular Hbond substituents is 1. The normalized spacial score (nSPS) is 21.3. The van der Waals surface area contributed by atoms with E-state index in [2.05, 4.69) is 0 Å². The minimum Gasteiger partial charge on any atom is -0.505 e. The third-order valence-corrected chi connectivity index (χ3v) is 3.90. The van der Waals surface area contributed by atoms with Crippen LogP contribution >= 0.6 is 11.6 Å². The molecule has 0 saturated carbocycles. The van der Waals surface area contributed by atoms with Crippen LogP contribution in [0.25, 0.3) is 0 Å². The molecular formula is C12H15BClFO3. The van der Waals surface area contributed by atoms with Crippen LogP contribution in [-0.4, -0.2) is 23.4 Å². The molecule has 18 heavy (non-hydrogen) atoms. The van der Waals surface area contributed by atoms with Crippen LogP contribution in [0.3, 0.4) is 0 Å². The molecule has 2 rings (SSSR count). The van der Waals surface area contributed by atoms with Crippen molar-refractivity contribution in [3.8, 4) is 5.75 Å². The van der Waals surface area contributed by atoms with Gasteiger partial charge in [0.1, 0.15) is 0 Å². The maximum atomic E-state index is 13.5. The van der Waals surface area contributed by atoms with E-state index >= 15 is 0 Å². The molecule has 0 spiro atoms. The molecule has 1 aliphatic heterocycles. The summed E-state index contributed by atoms with van der Waals surface area (Å²) < 4.78 is 25.0. The van der Waals surface area contributed by atoms with Crippen LogP contribution in [0.1, 0.15) is 27.7 Å². The average Bonchev–Trinajstić information content (AvgIpc) is 2.45. The predicted octanol–water partition coefficient (Wildman–Crippen LogP) is 2.48. The zero-order valence-electron chi connectivity index (χ0n) is 10.8. The van der Waals surface area contributed by atoms with E-state index in [0.717, 1.165) is 0 Å². The van der Waals surface area contributed by atoms with Crippen LogP contribution in [0.4, 0.5) is 4.39 Å². The molecule has 3 nitrogen and oxygen atoms in total. The number of hydrogen-bond acceptors (Lipinski definition) is 3. The summed E-state index contributed by atoms with van der Waals surface area (Å²) >= 11 is 5.59. The van der Waals surface area contributed by atoms with Crippen LogP contribution in [0.5, 0.6) is 5.75 Å². The second-order valence-corrected chi connectivity index (χ2v) is 5.79. The van der Waals surface area contributed by atoms with Crippen LogP contribution in [-0.2, 0) is 9.31 Å². The molecule has 1 heterocycles. The fourth-order valence-corrected chi connectivity index (χ4v) is 1.87. The van der Waals surface area contributed by atoms with E-state index in [4.69, 9.17) is 20.9 Å². The van der Waals surface area contributed by atoms with Gasteiger partial charge in [-0.2, -0.15) is 0 Å². The molecule has 0 amide bonds. The first-order valence-electron chi connectivity index (χ1n) is 5.68. The topological polar surface area (TPSA) is 38.7 Å². The number of rotatable bonds is 1. The lowest BCUT2D eigenvalue weighted by Gasteiger charge is -2.32. The Morgan fingerprint density at radius 2 is 1.67 bits per heavy atom. The largest absolute Gasteiger partial charge is 0.505 e. The van der Waals surface area contributed by atoms with Gasteiger partial charge in [-0.3, -0.25) is 0 Å². The van der Waals surface area contributed by atoms with Gasteiger partial charge in [0.05, 0.1) is 16.2 Å². The van der Waals surface area contributed by atoms with E-state index in [1.54, 1.807) is 0 Å². The molecule has 0 bridgehead atoms. The highest BCUT2D eigenvalue weighted by molar-refractivity contribution is 6.63. The van der Waals surface area contributed by atoms with Gasteiger partial charge in [0.15, 0.2) is 11.6 Å². The third kappa shape index (κ3) is 2.00. The van der Waals surface area contributed by atoms with Crippen molar-refractivity contribution in [2.45, 2.75) is 38.9 Å². The van der Waals surface area contributed by atoms with E-state index in [1.165, 1.54) is 12.1 Å². The number of phenols is 1. The van der Waals surface area contributed by atoms with Crippen molar-refractivity contribution in [2.24, 2.45) is 0 Å². The summed E-state index contributed by atoms with van der Waals surface area (Å²) in [4.78, 5) is 0. The van der Waals surface area contributed by atoms with E-state index in [1.807, 2.05) is 27.7 Å². The fraction of sp³-hybridized carbons (Fsp3) is 0.500. The van der Waals surface area contributed by atoms with Crippen LogP contribution in [0, 0.1) is 5.82 Å². The molecule has 1 fully saturated rings. The number of hydrogen-bond donors (Lipinski definition) is 1. The van der Waals surface area contributed by atoms with Gasteiger partial charge in [0, 0.05) is 5.46 Å². The van der Waals surface area contributed by atoms with E-state index in [0.29, 0.717) is 0 Å². The van der Waals surface area contributed by atoms with Gasteiger partial charge in [-0.15, -0.1) is 0 Å². The van der Waals surface area contributed by atoms with Gasteiger partial charge >= 0.3 is 7.12 Å². The third-order valence-electron chi connectivity index (χ3n) is 3.61. The number of aromatic hydroxyl groups is 1. The molecule has 1 aliphatic rings. The summed E-state index contributed by atoms with van der Waals surface area (Å²) in [6.45, 7) is 7.54. The molecule has 6 heteroatoms. The lowest BCUT2D eigenvalue weighted by atomic mass is 9.78. The molecule has 0 aromatic heterocycles. The Morgan fingerprint density at radius 3 is 2.17 bits per heavy atom. The molecule has 1 aromatic carbocycles. The van der Waals surface area contributed by atoms with Gasteiger partial charge in [0.25, 0.3) is 0 Å². The van der Waals surface area contributed by atoms with E-state index in [9.17, 15) is 9.50 Å². The zero-order chi connectivity index (χ0) is 13.7. The quantitative estimate of drug-likeness (QED) is 0.798. The van der Waals surface area contributed by atoms with Crippen molar-refractivity contribution in [2.75, 3.05) is 0 Å². The molecular weight excluding hydrogens is 257 g/mol. The van der Waals surface area contributed by atoms with Crippen molar-refractivity contribution in [3.63, 3.8) is 0 Å². The Labute approximate surface area is 111 Å². The maximum absolute atomic E-state index is 13.5. The molecule has 0 radical (unpaired) electrons. The highest BCUT2D eigenvalue weighted by Gasteiger charge is 2.52. The van der Waals surface area contributed by atoms with Crippen molar-refractivity contribution in [1.29, 1.82) is 0 Å². The first-order chi connectivity index (χ1) is 8.16. The van der Waals surface area contributed by atoms with Gasteiger partial charge in [-0.25, -0.2) is 4.39 Å². The highest BCUT2D eigenvalue weighted by atomic mass is 35.5. The Balaban J connectivity index is 2.39. The molecule has 1 saturated heterocycles. The average molecular weight is 273 g/mol. The fourth-order valence-electron chi connectivity index (χ4n) is 1.72. The summed E-state index contributed by atoms with van der Waals surface area (Å²) in [6, 6.07) is 2.87. The van der Waals surface area contributed by atoms with Crippen molar-refractivity contribution >= 4 is 24.2 Å². The molecule has 98 valence electrons. The molecule has 1 aromatic rings. The standard InChI is InChI=1S/C12H15BClFO3/c1-11(2)12(3,4)18-13(17-11)7-5-6-8(14)9(15)10(7)16/h5-6,16H,1-4H3. The van der Waals surface area contributed by atoms with E-state index in [-0.39, 0.29) is 10.5 Å². The van der Waals surface area contributed by atoms with Gasteiger partial charge < -0.3 is 14.4 Å². The van der Waals surface area contributed by atoms with Gasteiger partial charge in [-0.05, 0) is 33.8 Å². The van der Waals surface area contributed by atoms with Gasteiger partial charge in [0.2, 0.25) is 0 Å². The summed E-state index contributed by atoms with van der Waals surface area (Å²) in [5.74, 6) is -1.38. The Kier molecular flexibility index (Phi) is 3.12. The van der Waals surface area contributed by atoms with Crippen LogP contribution in [0.15, 0.2) is 12.1 Å². The monoisotopic (exact) mass is 272 g/mol. The van der Waals surface area contributed by atoms with Crippen LogP contribution in [0.2, 0.25) is 5.02 Å². The summed E-state index contributed by atoms with van der Waals surface area (Å²) in [5.41, 5.74) is -0.837. The lowest BCUT2D eigenvalue weighted by Crippen LogP contribution is -2.41. The van der Waals surface area contributed by atoms with Crippen molar-refractivity contribution in [3.05, 3.63) is 23.0 Å². The lowest BCUT2D eigenvalue weighted by molar-refractivity contribution is 0.00578. The Hall–Kier alpha value is -0.775. The second-order valence-electron chi connectivity index (χ2n) is 5.39. The summed E-state index contributed by atoms with van der Waals surface area (Å²) in [5, 5.41) is 9.63. The van der Waals surface area contributed by atoms with E-state index < -0.39 is 29.9 Å². The number of benzene rings is 1. The highest BCUT2D eigenvalue weighted by Crippen LogP contribution is 2.37. The predicted molar refractivity (Wildman–Crippen MR) is 68.8 cm³/mol. The maximum Gasteiger partial charge on any atom is 0.498 e. The van der Waals surface area contributed by atoms with Crippen LogP contribution < -0.4 is 5.46 Å². The Bertz CT molecular complexity index is 474. The van der Waals surface area contributed by atoms with Gasteiger partial charge in [-0.1, -0.05) is 17.7 Å². The smallest absolute Gasteiger partial charge is 0.498 e. The number of halogens is 2. The molecule has 0 atom stereocenters.